The van der Waals surface area contributed by atoms with Gasteiger partial charge in [0.1, 0.15) is 11.7 Å². The third-order valence-corrected chi connectivity index (χ3v) is 4.67. The molecule has 0 spiro atoms. The molecule has 0 saturated heterocycles. The van der Waals surface area contributed by atoms with Crippen molar-refractivity contribution < 1.29 is 0 Å². The van der Waals surface area contributed by atoms with E-state index >= 15 is 0 Å². The van der Waals surface area contributed by atoms with Crippen molar-refractivity contribution in [3.63, 3.8) is 0 Å². The average molecular weight is 344 g/mol. The van der Waals surface area contributed by atoms with Gasteiger partial charge in [-0.05, 0) is 42.2 Å². The van der Waals surface area contributed by atoms with E-state index in [1.54, 1.807) is 12.4 Å². The molecule has 0 bridgehead atoms. The minimum atomic E-state index is -0.0930. The molecule has 0 unspecified atom stereocenters. The summed E-state index contributed by atoms with van der Waals surface area (Å²) in [6.07, 6.45) is 9.26. The maximum Gasteiger partial charge on any atom is 0.161 e. The maximum atomic E-state index is 4.40. The van der Waals surface area contributed by atoms with E-state index in [0.29, 0.717) is 0 Å². The highest BCUT2D eigenvalue weighted by atomic mass is 15.4. The molecule has 4 aromatic rings. The van der Waals surface area contributed by atoms with Crippen LogP contribution < -0.4 is 0 Å². The highest BCUT2D eigenvalue weighted by Gasteiger charge is 2.20. The fourth-order valence-corrected chi connectivity index (χ4v) is 3.09. The molecule has 0 aliphatic rings. The SMILES string of the molecule is Cc1ccc([C@H](c2cccnc2)n2cc(-c3nccn3C)nn2)cc1C. The van der Waals surface area contributed by atoms with Gasteiger partial charge in [-0.15, -0.1) is 5.10 Å². The first-order valence-electron chi connectivity index (χ1n) is 8.50. The lowest BCUT2D eigenvalue weighted by Crippen LogP contribution is -2.13. The molecule has 0 amide bonds. The number of hydrogen-bond donors (Lipinski definition) is 0. The van der Waals surface area contributed by atoms with Crippen molar-refractivity contribution in [2.24, 2.45) is 7.05 Å². The lowest BCUT2D eigenvalue weighted by Gasteiger charge is -2.18. The summed E-state index contributed by atoms with van der Waals surface area (Å²) >= 11 is 0. The number of aromatic nitrogens is 6. The number of imidazole rings is 1. The van der Waals surface area contributed by atoms with Gasteiger partial charge in [0.25, 0.3) is 0 Å². The number of pyridine rings is 1. The van der Waals surface area contributed by atoms with Gasteiger partial charge in [0.05, 0.1) is 6.20 Å². The summed E-state index contributed by atoms with van der Waals surface area (Å²) in [4.78, 5) is 8.65. The van der Waals surface area contributed by atoms with Crippen LogP contribution in [0.4, 0.5) is 0 Å². The average Bonchev–Trinajstić information content (AvgIpc) is 3.28. The van der Waals surface area contributed by atoms with Gasteiger partial charge in [0.2, 0.25) is 0 Å². The molecule has 4 rings (SSSR count). The van der Waals surface area contributed by atoms with E-state index < -0.39 is 0 Å². The van der Waals surface area contributed by atoms with E-state index in [-0.39, 0.29) is 6.04 Å². The Morgan fingerprint density at radius 3 is 2.58 bits per heavy atom. The molecule has 1 atom stereocenters. The Morgan fingerprint density at radius 1 is 1.00 bits per heavy atom. The van der Waals surface area contributed by atoms with Crippen LogP contribution in [0.1, 0.15) is 28.3 Å². The van der Waals surface area contributed by atoms with E-state index in [1.165, 1.54) is 11.1 Å². The predicted molar refractivity (Wildman–Crippen MR) is 99.6 cm³/mol. The Kier molecular flexibility index (Phi) is 4.08. The zero-order valence-electron chi connectivity index (χ0n) is 15.0. The standard InChI is InChI=1S/C20H20N6/c1-14-6-7-16(11-15(14)2)19(17-5-4-8-21-12-17)26-13-18(23-24-26)20-22-9-10-25(20)3/h4-13,19H,1-3H3/t19-/m1/s1. The van der Waals surface area contributed by atoms with Crippen molar-refractivity contribution in [1.82, 2.24) is 29.5 Å². The second-order valence-corrected chi connectivity index (χ2v) is 6.48. The summed E-state index contributed by atoms with van der Waals surface area (Å²) in [5.74, 6) is 0.793. The van der Waals surface area contributed by atoms with Gasteiger partial charge in [-0.25, -0.2) is 9.67 Å². The van der Waals surface area contributed by atoms with Gasteiger partial charge in [0.15, 0.2) is 5.82 Å². The summed E-state index contributed by atoms with van der Waals surface area (Å²) in [5, 5.41) is 8.74. The lowest BCUT2D eigenvalue weighted by molar-refractivity contribution is 0.569. The molecule has 0 fully saturated rings. The van der Waals surface area contributed by atoms with E-state index in [1.807, 2.05) is 41.0 Å². The first-order valence-corrected chi connectivity index (χ1v) is 8.50. The summed E-state index contributed by atoms with van der Waals surface area (Å²) in [5.41, 5.74) is 5.48. The number of hydrogen-bond acceptors (Lipinski definition) is 4. The van der Waals surface area contributed by atoms with Crippen molar-refractivity contribution in [1.29, 1.82) is 0 Å². The van der Waals surface area contributed by atoms with Gasteiger partial charge in [0, 0.05) is 31.8 Å². The highest BCUT2D eigenvalue weighted by molar-refractivity contribution is 5.48. The summed E-state index contributed by atoms with van der Waals surface area (Å²) in [6, 6.07) is 10.4. The normalized spacial score (nSPS) is 12.3. The van der Waals surface area contributed by atoms with Crippen LogP contribution in [-0.2, 0) is 7.05 Å². The number of aryl methyl sites for hydroxylation is 3. The Hall–Kier alpha value is -3.28. The molecule has 3 aromatic heterocycles. The Morgan fingerprint density at radius 2 is 1.88 bits per heavy atom. The van der Waals surface area contributed by atoms with Crippen molar-refractivity contribution in [2.45, 2.75) is 19.9 Å². The Labute approximate surface area is 152 Å². The molecule has 6 heteroatoms. The first-order chi connectivity index (χ1) is 12.6. The van der Waals surface area contributed by atoms with Crippen LogP contribution in [0.15, 0.2) is 61.3 Å². The molecule has 1 aromatic carbocycles. The first kappa shape index (κ1) is 16.2. The summed E-state index contributed by atoms with van der Waals surface area (Å²) in [7, 11) is 1.95. The van der Waals surface area contributed by atoms with E-state index in [9.17, 15) is 0 Å². The van der Waals surface area contributed by atoms with E-state index in [4.69, 9.17) is 0 Å². The molecule has 0 aliphatic carbocycles. The van der Waals surface area contributed by atoms with Gasteiger partial charge in [-0.3, -0.25) is 4.98 Å². The molecule has 0 saturated carbocycles. The maximum absolute atomic E-state index is 4.40. The molecular weight excluding hydrogens is 324 g/mol. The minimum absolute atomic E-state index is 0.0930. The van der Waals surface area contributed by atoms with E-state index in [2.05, 4.69) is 58.4 Å². The fourth-order valence-electron chi connectivity index (χ4n) is 3.09. The highest BCUT2D eigenvalue weighted by Crippen LogP contribution is 2.28. The molecule has 3 heterocycles. The second kappa shape index (κ2) is 6.55. The third kappa shape index (κ3) is 2.90. The number of benzene rings is 1. The van der Waals surface area contributed by atoms with Crippen LogP contribution >= 0.6 is 0 Å². The fraction of sp³-hybridized carbons (Fsp3) is 0.200. The van der Waals surface area contributed by atoms with Crippen molar-refractivity contribution in [3.8, 4) is 11.5 Å². The van der Waals surface area contributed by atoms with Crippen LogP contribution in [0.3, 0.4) is 0 Å². The monoisotopic (exact) mass is 344 g/mol. The van der Waals surface area contributed by atoms with Gasteiger partial charge < -0.3 is 4.57 Å². The number of rotatable bonds is 4. The van der Waals surface area contributed by atoms with Crippen LogP contribution in [0.25, 0.3) is 11.5 Å². The van der Waals surface area contributed by atoms with Crippen molar-refractivity contribution in [2.75, 3.05) is 0 Å². The van der Waals surface area contributed by atoms with Crippen LogP contribution in [-0.4, -0.2) is 29.5 Å². The van der Waals surface area contributed by atoms with Crippen LogP contribution in [0.5, 0.6) is 0 Å². The van der Waals surface area contributed by atoms with Crippen LogP contribution in [0, 0.1) is 13.8 Å². The molecule has 0 aliphatic heterocycles. The summed E-state index contributed by atoms with van der Waals surface area (Å²) in [6.45, 7) is 4.24. The molecule has 0 radical (unpaired) electrons. The quantitative estimate of drug-likeness (QED) is 0.570. The molecule has 6 nitrogen and oxygen atoms in total. The Bertz CT molecular complexity index is 1030. The smallest absolute Gasteiger partial charge is 0.161 e. The molecule has 130 valence electrons. The molecule has 0 N–H and O–H groups in total. The largest absolute Gasteiger partial charge is 0.333 e. The molecule has 26 heavy (non-hydrogen) atoms. The van der Waals surface area contributed by atoms with Crippen molar-refractivity contribution in [3.05, 3.63) is 83.6 Å². The zero-order chi connectivity index (χ0) is 18.1. The Balaban J connectivity index is 1.82. The number of nitrogens with zero attached hydrogens (tertiary/aromatic N) is 6. The van der Waals surface area contributed by atoms with Crippen molar-refractivity contribution >= 4 is 0 Å². The minimum Gasteiger partial charge on any atom is -0.333 e. The second-order valence-electron chi connectivity index (χ2n) is 6.48. The predicted octanol–water partition coefficient (Wildman–Crippen LogP) is 3.33. The van der Waals surface area contributed by atoms with Gasteiger partial charge in [-0.2, -0.15) is 0 Å². The van der Waals surface area contributed by atoms with Gasteiger partial charge >= 0.3 is 0 Å². The molecular formula is C20H20N6. The third-order valence-electron chi connectivity index (χ3n) is 4.67. The van der Waals surface area contributed by atoms with Crippen LogP contribution in [0.2, 0.25) is 0 Å². The topological polar surface area (TPSA) is 61.4 Å². The van der Waals surface area contributed by atoms with E-state index in [0.717, 1.165) is 22.6 Å². The zero-order valence-corrected chi connectivity index (χ0v) is 15.0. The summed E-state index contributed by atoms with van der Waals surface area (Å²) < 4.78 is 3.81. The lowest BCUT2D eigenvalue weighted by atomic mass is 9.97. The van der Waals surface area contributed by atoms with Gasteiger partial charge in [-0.1, -0.05) is 29.5 Å².